The van der Waals surface area contributed by atoms with Crippen LogP contribution in [-0.2, 0) is 11.3 Å². The van der Waals surface area contributed by atoms with Crippen LogP contribution in [0.25, 0.3) is 0 Å². The van der Waals surface area contributed by atoms with Crippen molar-refractivity contribution in [2.45, 2.75) is 38.1 Å². The van der Waals surface area contributed by atoms with Gasteiger partial charge in [-0.15, -0.1) is 0 Å². The Balaban J connectivity index is 1.76. The van der Waals surface area contributed by atoms with Crippen molar-refractivity contribution in [3.8, 4) is 0 Å². The second-order valence-corrected chi connectivity index (χ2v) is 6.24. The largest absolute Gasteiger partial charge is 0.391 e. The van der Waals surface area contributed by atoms with Gasteiger partial charge in [0, 0.05) is 44.0 Å². The van der Waals surface area contributed by atoms with Gasteiger partial charge in [-0.25, -0.2) is 0 Å². The summed E-state index contributed by atoms with van der Waals surface area (Å²) in [7, 11) is 1.60. The fourth-order valence-electron chi connectivity index (χ4n) is 3.09. The van der Waals surface area contributed by atoms with Gasteiger partial charge in [-0.05, 0) is 19.4 Å². The molecule has 2 aromatic heterocycles. The van der Waals surface area contributed by atoms with Crippen LogP contribution in [0.4, 0.5) is 0 Å². The van der Waals surface area contributed by atoms with E-state index in [1.807, 2.05) is 11.5 Å². The minimum Gasteiger partial charge on any atom is -0.391 e. The average Bonchev–Trinajstić information content (AvgIpc) is 3.06. The van der Waals surface area contributed by atoms with Gasteiger partial charge in [0.2, 0.25) is 0 Å². The van der Waals surface area contributed by atoms with E-state index in [1.165, 1.54) is 6.07 Å². The standard InChI is InChI=1S/C17H22N4O4/c1-11-8-14(22)12(10-20(11)6-7-25-2)17(24)19-13-9-15(23)16(13)21-5-3-4-18-21/h3-5,8,10,13,15-16,23H,6-7,9H2,1-2H3,(H,19,24)/t13-,15+,16+/m0/s1. The van der Waals surface area contributed by atoms with Gasteiger partial charge in [0.25, 0.3) is 5.91 Å². The zero-order valence-corrected chi connectivity index (χ0v) is 14.3. The first kappa shape index (κ1) is 17.4. The van der Waals surface area contributed by atoms with Crippen molar-refractivity contribution in [2.75, 3.05) is 13.7 Å². The fraction of sp³-hybridized carbons (Fsp3) is 0.471. The molecule has 0 radical (unpaired) electrons. The molecule has 0 bridgehead atoms. The lowest BCUT2D eigenvalue weighted by atomic mass is 9.83. The molecule has 0 spiro atoms. The molecule has 0 unspecified atom stereocenters. The number of carbonyl (C=O) groups is 1. The van der Waals surface area contributed by atoms with Crippen LogP contribution in [-0.4, -0.2) is 51.2 Å². The van der Waals surface area contributed by atoms with Crippen LogP contribution in [0, 0.1) is 6.92 Å². The molecule has 2 aromatic rings. The van der Waals surface area contributed by atoms with Crippen molar-refractivity contribution >= 4 is 5.91 Å². The van der Waals surface area contributed by atoms with Crippen LogP contribution < -0.4 is 10.7 Å². The zero-order valence-electron chi connectivity index (χ0n) is 14.3. The smallest absolute Gasteiger partial charge is 0.257 e. The second-order valence-electron chi connectivity index (χ2n) is 6.24. The van der Waals surface area contributed by atoms with Gasteiger partial charge >= 0.3 is 0 Å². The number of hydrogen-bond donors (Lipinski definition) is 2. The van der Waals surface area contributed by atoms with Crippen LogP contribution in [0.1, 0.15) is 28.5 Å². The van der Waals surface area contributed by atoms with Gasteiger partial charge in [0.1, 0.15) is 5.56 Å². The number of rotatable bonds is 6. The van der Waals surface area contributed by atoms with E-state index in [0.717, 1.165) is 5.69 Å². The van der Waals surface area contributed by atoms with Crippen molar-refractivity contribution in [3.63, 3.8) is 0 Å². The Labute approximate surface area is 145 Å². The molecule has 134 valence electrons. The first-order valence-electron chi connectivity index (χ1n) is 8.19. The van der Waals surface area contributed by atoms with Gasteiger partial charge in [-0.3, -0.25) is 14.3 Å². The van der Waals surface area contributed by atoms with Crippen LogP contribution in [0.2, 0.25) is 0 Å². The summed E-state index contributed by atoms with van der Waals surface area (Å²) in [6, 6.07) is 2.62. The molecule has 0 aromatic carbocycles. The summed E-state index contributed by atoms with van der Waals surface area (Å²) in [5.74, 6) is -0.440. The van der Waals surface area contributed by atoms with E-state index in [9.17, 15) is 14.7 Å². The van der Waals surface area contributed by atoms with Crippen molar-refractivity contribution in [2.24, 2.45) is 0 Å². The summed E-state index contributed by atoms with van der Waals surface area (Å²) in [6.07, 6.45) is 4.79. The molecule has 3 rings (SSSR count). The maximum Gasteiger partial charge on any atom is 0.257 e. The molecule has 0 saturated heterocycles. The number of methoxy groups -OCH3 is 1. The molecule has 8 heteroatoms. The third-order valence-electron chi connectivity index (χ3n) is 4.57. The highest BCUT2D eigenvalue weighted by atomic mass is 16.5. The maximum atomic E-state index is 12.6. The number of aromatic nitrogens is 3. The van der Waals surface area contributed by atoms with Crippen molar-refractivity contribution in [3.05, 3.63) is 52.2 Å². The van der Waals surface area contributed by atoms with Crippen LogP contribution >= 0.6 is 0 Å². The molecule has 3 atom stereocenters. The number of ether oxygens (including phenoxy) is 1. The lowest BCUT2D eigenvalue weighted by Gasteiger charge is -2.41. The second kappa shape index (κ2) is 7.20. The SMILES string of the molecule is COCCn1cc(C(=O)N[C@H]2C[C@@H](O)[C@@H]2n2cccn2)c(=O)cc1C. The Morgan fingerprint density at radius 1 is 1.52 bits per heavy atom. The van der Waals surface area contributed by atoms with Crippen LogP contribution in [0.15, 0.2) is 35.5 Å². The molecule has 2 heterocycles. The molecule has 1 aliphatic carbocycles. The summed E-state index contributed by atoms with van der Waals surface area (Å²) in [5, 5.41) is 16.9. The Kier molecular flexibility index (Phi) is 5.00. The molecular formula is C17H22N4O4. The number of amides is 1. The molecule has 1 saturated carbocycles. The number of carbonyl (C=O) groups excluding carboxylic acids is 1. The summed E-state index contributed by atoms with van der Waals surface area (Å²) >= 11 is 0. The highest BCUT2D eigenvalue weighted by Gasteiger charge is 2.42. The Hall–Kier alpha value is -2.45. The van der Waals surface area contributed by atoms with Crippen molar-refractivity contribution in [1.29, 1.82) is 0 Å². The zero-order chi connectivity index (χ0) is 18.0. The first-order chi connectivity index (χ1) is 12.0. The Morgan fingerprint density at radius 2 is 2.32 bits per heavy atom. The summed E-state index contributed by atoms with van der Waals surface area (Å²) in [6.45, 7) is 2.86. The van der Waals surface area contributed by atoms with Crippen molar-refractivity contribution < 1.29 is 14.6 Å². The normalized spacial score (nSPS) is 22.4. The number of hydrogen-bond acceptors (Lipinski definition) is 5. The van der Waals surface area contributed by atoms with Crippen LogP contribution in [0.5, 0.6) is 0 Å². The van der Waals surface area contributed by atoms with E-state index < -0.39 is 12.0 Å². The van der Waals surface area contributed by atoms with Crippen LogP contribution in [0.3, 0.4) is 0 Å². The molecular weight excluding hydrogens is 324 g/mol. The number of aliphatic hydroxyl groups excluding tert-OH is 1. The van der Waals surface area contributed by atoms with E-state index in [2.05, 4.69) is 10.4 Å². The minimum atomic E-state index is -0.568. The number of aryl methyl sites for hydroxylation is 1. The van der Waals surface area contributed by atoms with Crippen molar-refractivity contribution in [1.82, 2.24) is 19.7 Å². The minimum absolute atomic E-state index is 0.0855. The van der Waals surface area contributed by atoms with E-state index in [4.69, 9.17) is 4.74 Å². The first-order valence-corrected chi connectivity index (χ1v) is 8.19. The topological polar surface area (TPSA) is 98.4 Å². The summed E-state index contributed by atoms with van der Waals surface area (Å²) < 4.78 is 8.50. The molecule has 25 heavy (non-hydrogen) atoms. The molecule has 0 aliphatic heterocycles. The van der Waals surface area contributed by atoms with Gasteiger partial charge < -0.3 is 19.7 Å². The molecule has 8 nitrogen and oxygen atoms in total. The average molecular weight is 346 g/mol. The summed E-state index contributed by atoms with van der Waals surface area (Å²) in [5.41, 5.74) is 0.536. The monoisotopic (exact) mass is 346 g/mol. The molecule has 1 fully saturated rings. The highest BCUT2D eigenvalue weighted by molar-refractivity contribution is 5.94. The highest BCUT2D eigenvalue weighted by Crippen LogP contribution is 2.32. The predicted octanol–water partition coefficient (Wildman–Crippen LogP) is 0.104. The number of nitrogens with one attached hydrogen (secondary N) is 1. The lowest BCUT2D eigenvalue weighted by Crippen LogP contribution is -2.56. The van der Waals surface area contributed by atoms with Gasteiger partial charge in [-0.2, -0.15) is 5.10 Å². The third kappa shape index (κ3) is 3.49. The molecule has 1 aliphatic rings. The van der Waals surface area contributed by atoms with E-state index >= 15 is 0 Å². The Bertz CT molecular complexity index is 799. The summed E-state index contributed by atoms with van der Waals surface area (Å²) in [4.78, 5) is 24.8. The molecule has 1 amide bonds. The number of pyridine rings is 1. The number of aliphatic hydroxyl groups is 1. The maximum absolute atomic E-state index is 12.6. The van der Waals surface area contributed by atoms with Gasteiger partial charge in [0.15, 0.2) is 5.43 Å². The van der Waals surface area contributed by atoms with Gasteiger partial charge in [-0.1, -0.05) is 0 Å². The lowest BCUT2D eigenvalue weighted by molar-refractivity contribution is -0.00591. The number of nitrogens with zero attached hydrogens (tertiary/aromatic N) is 3. The molecule has 2 N–H and O–H groups in total. The van der Waals surface area contributed by atoms with E-state index in [1.54, 1.807) is 36.4 Å². The van der Waals surface area contributed by atoms with E-state index in [0.29, 0.717) is 19.6 Å². The van der Waals surface area contributed by atoms with Gasteiger partial charge in [0.05, 0.1) is 24.8 Å². The van der Waals surface area contributed by atoms with E-state index in [-0.39, 0.29) is 23.1 Å². The Morgan fingerprint density at radius 3 is 2.96 bits per heavy atom. The fourth-order valence-corrected chi connectivity index (χ4v) is 3.09. The predicted molar refractivity (Wildman–Crippen MR) is 90.5 cm³/mol. The third-order valence-corrected chi connectivity index (χ3v) is 4.57. The quantitative estimate of drug-likeness (QED) is 0.773.